The van der Waals surface area contributed by atoms with Crippen molar-refractivity contribution in [3.05, 3.63) is 36.8 Å². The maximum Gasteiger partial charge on any atom is 0.237 e. The van der Waals surface area contributed by atoms with Gasteiger partial charge in [0.05, 0.1) is 17.6 Å². The molecule has 3 atom stereocenters. The fraction of sp³-hybridized carbons (Fsp3) is 0.536. The highest BCUT2D eigenvalue weighted by Crippen LogP contribution is 2.44. The number of aliphatic hydroxyl groups is 1. The monoisotopic (exact) mass is 520 g/mol. The molecule has 3 aliphatic rings. The van der Waals surface area contributed by atoms with Gasteiger partial charge >= 0.3 is 0 Å². The minimum atomic E-state index is -0.672. The molecule has 202 valence electrons. The van der Waals surface area contributed by atoms with Crippen molar-refractivity contribution >= 4 is 22.8 Å². The van der Waals surface area contributed by atoms with Gasteiger partial charge in [0.2, 0.25) is 5.91 Å². The van der Waals surface area contributed by atoms with Crippen LogP contribution in [0.5, 0.6) is 5.75 Å². The van der Waals surface area contributed by atoms with Crippen LogP contribution in [0.1, 0.15) is 44.6 Å². The molecule has 5 N–H and O–H groups in total. The number of nitrogen functional groups attached to an aromatic ring is 1. The summed E-state index contributed by atoms with van der Waals surface area (Å²) < 4.78 is 14.1. The molecule has 4 heterocycles. The molecule has 2 saturated heterocycles. The molecular weight excluding hydrogens is 484 g/mol. The molecule has 38 heavy (non-hydrogen) atoms. The number of amides is 1. The first-order valence-electron chi connectivity index (χ1n) is 13.6. The van der Waals surface area contributed by atoms with Gasteiger partial charge < -0.3 is 30.6 Å². The molecule has 10 heteroatoms. The van der Waals surface area contributed by atoms with Crippen LogP contribution < -0.4 is 16.2 Å². The van der Waals surface area contributed by atoms with E-state index in [1.165, 1.54) is 12.7 Å². The summed E-state index contributed by atoms with van der Waals surface area (Å²) in [5.41, 5.74) is 14.7. The predicted octanol–water partition coefficient (Wildman–Crippen LogP) is 2.50. The van der Waals surface area contributed by atoms with Gasteiger partial charge in [0.15, 0.2) is 0 Å². The lowest BCUT2D eigenvalue weighted by molar-refractivity contribution is -0.125. The summed E-state index contributed by atoms with van der Waals surface area (Å²) in [4.78, 5) is 22.8. The Balaban J connectivity index is 1.19. The summed E-state index contributed by atoms with van der Waals surface area (Å²) in [6.45, 7) is 2.81. The summed E-state index contributed by atoms with van der Waals surface area (Å²) in [7, 11) is 0. The second-order valence-corrected chi connectivity index (χ2v) is 10.9. The molecule has 0 spiro atoms. The Bertz CT molecular complexity index is 1300. The fourth-order valence-electron chi connectivity index (χ4n) is 6.31. The molecule has 1 aliphatic carbocycles. The highest BCUT2D eigenvalue weighted by Gasteiger charge is 2.41. The number of primary amides is 1. The lowest BCUT2D eigenvalue weighted by atomic mass is 9.79. The van der Waals surface area contributed by atoms with Crippen molar-refractivity contribution in [2.24, 2.45) is 11.7 Å². The van der Waals surface area contributed by atoms with E-state index in [9.17, 15) is 9.90 Å². The summed E-state index contributed by atoms with van der Waals surface area (Å²) in [6, 6.07) is 7.75. The number of hydrogen-bond donors (Lipinski definition) is 3. The van der Waals surface area contributed by atoms with Gasteiger partial charge in [-0.2, -0.15) is 0 Å². The number of likely N-dealkylation sites (tertiary alicyclic amines) is 1. The summed E-state index contributed by atoms with van der Waals surface area (Å²) in [5, 5.41) is 11.0. The van der Waals surface area contributed by atoms with Crippen LogP contribution in [-0.4, -0.2) is 75.0 Å². The van der Waals surface area contributed by atoms with Crippen LogP contribution in [0.4, 0.5) is 5.82 Å². The van der Waals surface area contributed by atoms with E-state index >= 15 is 0 Å². The average molecular weight is 521 g/mol. The number of aromatic nitrogens is 3. The van der Waals surface area contributed by atoms with Gasteiger partial charge in [-0.3, -0.25) is 9.69 Å². The predicted molar refractivity (Wildman–Crippen MR) is 143 cm³/mol. The Morgan fingerprint density at radius 2 is 2.08 bits per heavy atom. The molecule has 0 bridgehead atoms. The van der Waals surface area contributed by atoms with Gasteiger partial charge in [0, 0.05) is 37.5 Å². The van der Waals surface area contributed by atoms with E-state index in [1.807, 2.05) is 23.1 Å². The van der Waals surface area contributed by atoms with Gasteiger partial charge in [0.1, 0.15) is 36.2 Å². The van der Waals surface area contributed by atoms with Crippen molar-refractivity contribution in [1.82, 2.24) is 19.4 Å². The number of hydrogen-bond acceptors (Lipinski definition) is 8. The van der Waals surface area contributed by atoms with Crippen LogP contribution in [0.2, 0.25) is 0 Å². The Morgan fingerprint density at radius 1 is 1.21 bits per heavy atom. The molecule has 2 aromatic heterocycles. The zero-order valence-corrected chi connectivity index (χ0v) is 21.5. The van der Waals surface area contributed by atoms with Crippen molar-refractivity contribution in [2.75, 3.05) is 32.0 Å². The first kappa shape index (κ1) is 25.1. The van der Waals surface area contributed by atoms with Crippen LogP contribution in [0, 0.1) is 5.92 Å². The van der Waals surface area contributed by atoms with Crippen LogP contribution in [0.15, 0.2) is 36.8 Å². The summed E-state index contributed by atoms with van der Waals surface area (Å²) >= 11 is 0. The average Bonchev–Trinajstić information content (AvgIpc) is 3.47. The van der Waals surface area contributed by atoms with Gasteiger partial charge in [-0.15, -0.1) is 0 Å². The summed E-state index contributed by atoms with van der Waals surface area (Å²) in [6.07, 6.45) is 8.95. The third kappa shape index (κ3) is 4.83. The van der Waals surface area contributed by atoms with Crippen LogP contribution in [0.25, 0.3) is 22.2 Å². The third-order valence-corrected chi connectivity index (χ3v) is 8.35. The molecule has 1 amide bonds. The number of carbonyl (C=O) groups is 1. The number of aliphatic hydroxyl groups excluding tert-OH is 1. The molecule has 10 nitrogen and oxygen atoms in total. The Hall–Kier alpha value is -3.21. The van der Waals surface area contributed by atoms with E-state index in [1.54, 1.807) is 0 Å². The molecule has 1 saturated carbocycles. The number of ether oxygens (including phenoxy) is 2. The van der Waals surface area contributed by atoms with E-state index in [0.717, 1.165) is 66.7 Å². The van der Waals surface area contributed by atoms with Crippen LogP contribution in [-0.2, 0) is 9.53 Å². The normalized spacial score (nSPS) is 27.9. The fourth-order valence-corrected chi connectivity index (χ4v) is 6.31. The Labute approximate surface area is 221 Å². The number of anilines is 1. The Morgan fingerprint density at radius 3 is 2.87 bits per heavy atom. The van der Waals surface area contributed by atoms with E-state index in [4.69, 9.17) is 20.9 Å². The third-order valence-electron chi connectivity index (χ3n) is 8.35. The van der Waals surface area contributed by atoms with Crippen molar-refractivity contribution in [3.63, 3.8) is 0 Å². The van der Waals surface area contributed by atoms with E-state index in [0.29, 0.717) is 31.3 Å². The lowest BCUT2D eigenvalue weighted by Crippen LogP contribution is -2.48. The molecule has 0 radical (unpaired) electrons. The molecule has 1 aromatic carbocycles. The van der Waals surface area contributed by atoms with Crippen molar-refractivity contribution < 1.29 is 19.4 Å². The molecular formula is C28H36N6O4. The maximum atomic E-state index is 11.8. The molecule has 3 fully saturated rings. The smallest absolute Gasteiger partial charge is 0.237 e. The number of carbonyl (C=O) groups excluding carboxylic acids is 1. The van der Waals surface area contributed by atoms with Crippen LogP contribution >= 0.6 is 0 Å². The molecule has 6 rings (SSSR count). The second kappa shape index (κ2) is 10.5. The molecule has 1 unspecified atom stereocenters. The zero-order valence-electron chi connectivity index (χ0n) is 21.5. The van der Waals surface area contributed by atoms with Crippen molar-refractivity contribution in [1.29, 1.82) is 0 Å². The standard InChI is InChI=1S/C28H36N6O4/c29-26-24-22(18-4-3-6-20(12-18)38-15-21-5-1-2-9-37-21)14-34(28(24)32-16-31-26)19-10-17(11-19)13-33-8-7-23(35)25(33)27(30)36/h3-4,6,12,14,16-17,19,21,23,25,35H,1-2,5,7-11,13,15H2,(H2,30,36)(H2,29,31,32)/t17?,19?,21?,23-,25+/m0/s1. The highest BCUT2D eigenvalue weighted by atomic mass is 16.5. The quantitative estimate of drug-likeness (QED) is 0.411. The van der Waals surface area contributed by atoms with Gasteiger partial charge in [-0.1, -0.05) is 12.1 Å². The van der Waals surface area contributed by atoms with E-state index < -0.39 is 18.1 Å². The van der Waals surface area contributed by atoms with Crippen molar-refractivity contribution in [3.8, 4) is 16.9 Å². The molecule has 2 aliphatic heterocycles. The minimum absolute atomic E-state index is 0.145. The SMILES string of the molecule is NC(=O)[C@H]1[C@@H](O)CCN1CC1CC(n2cc(-c3cccc(OCC4CCCCO4)c3)c3c(N)ncnc32)C1. The topological polar surface area (TPSA) is 142 Å². The van der Waals surface area contributed by atoms with Crippen LogP contribution in [0.3, 0.4) is 0 Å². The number of fused-ring (bicyclic) bond motifs is 1. The van der Waals surface area contributed by atoms with Gasteiger partial charge in [-0.25, -0.2) is 9.97 Å². The number of benzene rings is 1. The summed E-state index contributed by atoms with van der Waals surface area (Å²) in [5.74, 6) is 1.23. The highest BCUT2D eigenvalue weighted by molar-refractivity contribution is 6.00. The van der Waals surface area contributed by atoms with Gasteiger partial charge in [-0.05, 0) is 62.1 Å². The first-order chi connectivity index (χ1) is 18.5. The maximum absolute atomic E-state index is 11.8. The minimum Gasteiger partial charge on any atom is -0.491 e. The lowest BCUT2D eigenvalue weighted by Gasteiger charge is -2.39. The molecule has 3 aromatic rings. The largest absolute Gasteiger partial charge is 0.491 e. The van der Waals surface area contributed by atoms with Gasteiger partial charge in [0.25, 0.3) is 0 Å². The number of rotatable bonds is 8. The van der Waals surface area contributed by atoms with E-state index in [-0.39, 0.29) is 12.1 Å². The number of nitrogens with two attached hydrogens (primary N) is 2. The number of nitrogens with zero attached hydrogens (tertiary/aromatic N) is 4. The second-order valence-electron chi connectivity index (χ2n) is 10.9. The first-order valence-corrected chi connectivity index (χ1v) is 13.6. The van der Waals surface area contributed by atoms with E-state index in [2.05, 4.69) is 26.8 Å². The van der Waals surface area contributed by atoms with Crippen molar-refractivity contribution in [2.45, 2.75) is 62.8 Å². The Kier molecular flexibility index (Phi) is 6.94. The zero-order chi connectivity index (χ0) is 26.2.